The van der Waals surface area contributed by atoms with Crippen molar-refractivity contribution in [3.8, 4) is 11.8 Å². The number of aliphatic hydroxyl groups is 1. The van der Waals surface area contributed by atoms with E-state index in [-0.39, 0.29) is 12.5 Å². The Balaban J connectivity index is 1.83. The predicted octanol–water partition coefficient (Wildman–Crippen LogP) is 2.60. The topological polar surface area (TPSA) is 49.3 Å². The molecule has 21 heavy (non-hydrogen) atoms. The number of rotatable bonds is 4. The van der Waals surface area contributed by atoms with Crippen molar-refractivity contribution >= 4 is 28.8 Å². The zero-order chi connectivity index (χ0) is 15.1. The molecule has 108 valence electrons. The number of carbonyl (C=O) groups excluding carboxylic acids is 1. The first-order valence-corrected chi connectivity index (χ1v) is 7.56. The van der Waals surface area contributed by atoms with Crippen LogP contribution >= 0.6 is 22.9 Å². The highest BCUT2D eigenvalue weighted by Gasteiger charge is 2.04. The Morgan fingerprint density at radius 1 is 1.24 bits per heavy atom. The van der Waals surface area contributed by atoms with Gasteiger partial charge in [0.05, 0.1) is 17.8 Å². The first kappa shape index (κ1) is 15.6. The van der Waals surface area contributed by atoms with Crippen molar-refractivity contribution in [1.82, 2.24) is 5.32 Å². The minimum absolute atomic E-state index is 0.0336. The number of hydrogen-bond donors (Lipinski definition) is 2. The van der Waals surface area contributed by atoms with Gasteiger partial charge in [-0.15, -0.1) is 11.3 Å². The average molecular weight is 320 g/mol. The maximum absolute atomic E-state index is 11.8. The predicted molar refractivity (Wildman–Crippen MR) is 85.3 cm³/mol. The van der Waals surface area contributed by atoms with Crippen LogP contribution in [0.2, 0.25) is 5.02 Å². The van der Waals surface area contributed by atoms with Crippen LogP contribution in [-0.2, 0) is 17.8 Å². The molecule has 0 bridgehead atoms. The van der Waals surface area contributed by atoms with Crippen LogP contribution in [0.15, 0.2) is 36.4 Å². The molecular weight excluding hydrogens is 306 g/mol. The average Bonchev–Trinajstić information content (AvgIpc) is 2.93. The Morgan fingerprint density at radius 3 is 2.71 bits per heavy atom. The lowest BCUT2D eigenvalue weighted by Crippen LogP contribution is -2.24. The standard InChI is InChI=1S/C16H14ClNO2S/c17-13-5-3-12(4-6-13)10-16(20)18-11-15-8-7-14(21-15)2-1-9-19/h3-8,19H,9-11H2,(H,18,20). The summed E-state index contributed by atoms with van der Waals surface area (Å²) in [5.41, 5.74) is 0.928. The Labute approximate surface area is 132 Å². The number of carbonyl (C=O) groups is 1. The summed E-state index contributed by atoms with van der Waals surface area (Å²) in [5, 5.41) is 12.2. The molecule has 0 saturated carbocycles. The summed E-state index contributed by atoms with van der Waals surface area (Å²) in [4.78, 5) is 13.8. The highest BCUT2D eigenvalue weighted by Crippen LogP contribution is 2.15. The number of amides is 1. The molecule has 0 atom stereocenters. The molecule has 1 heterocycles. The summed E-state index contributed by atoms with van der Waals surface area (Å²) < 4.78 is 0. The van der Waals surface area contributed by atoms with E-state index < -0.39 is 0 Å². The third-order valence-electron chi connectivity index (χ3n) is 2.69. The van der Waals surface area contributed by atoms with Crippen LogP contribution in [0.5, 0.6) is 0 Å². The minimum Gasteiger partial charge on any atom is -0.384 e. The SMILES string of the molecule is O=C(Cc1ccc(Cl)cc1)NCc1ccc(C#CCO)s1. The van der Waals surface area contributed by atoms with Gasteiger partial charge in [-0.3, -0.25) is 4.79 Å². The number of benzene rings is 1. The second kappa shape index (κ2) is 7.84. The van der Waals surface area contributed by atoms with Gasteiger partial charge in [0.2, 0.25) is 5.91 Å². The zero-order valence-corrected chi connectivity index (χ0v) is 12.8. The van der Waals surface area contributed by atoms with E-state index in [0.717, 1.165) is 15.3 Å². The van der Waals surface area contributed by atoms with E-state index in [1.54, 1.807) is 12.1 Å². The molecule has 5 heteroatoms. The summed E-state index contributed by atoms with van der Waals surface area (Å²) >= 11 is 7.31. The fraction of sp³-hybridized carbons (Fsp3) is 0.188. The second-order valence-electron chi connectivity index (χ2n) is 4.31. The van der Waals surface area contributed by atoms with Gasteiger partial charge in [0.15, 0.2) is 0 Å². The van der Waals surface area contributed by atoms with Gasteiger partial charge in [-0.2, -0.15) is 0 Å². The summed E-state index contributed by atoms with van der Waals surface area (Å²) in [6, 6.07) is 11.0. The zero-order valence-electron chi connectivity index (χ0n) is 11.2. The number of nitrogens with one attached hydrogen (secondary N) is 1. The number of aliphatic hydroxyl groups excluding tert-OH is 1. The van der Waals surface area contributed by atoms with Crippen molar-refractivity contribution in [2.45, 2.75) is 13.0 Å². The minimum atomic E-state index is -0.148. The molecule has 0 aliphatic rings. The van der Waals surface area contributed by atoms with Crippen LogP contribution in [-0.4, -0.2) is 17.6 Å². The Kier molecular flexibility index (Phi) is 5.82. The summed E-state index contributed by atoms with van der Waals surface area (Å²) in [7, 11) is 0. The lowest BCUT2D eigenvalue weighted by Gasteiger charge is -2.04. The van der Waals surface area contributed by atoms with E-state index in [9.17, 15) is 4.79 Å². The van der Waals surface area contributed by atoms with Gasteiger partial charge in [0, 0.05) is 9.90 Å². The van der Waals surface area contributed by atoms with Gasteiger partial charge in [0.1, 0.15) is 6.61 Å². The van der Waals surface area contributed by atoms with Gasteiger partial charge in [0.25, 0.3) is 0 Å². The third kappa shape index (κ3) is 5.24. The summed E-state index contributed by atoms with van der Waals surface area (Å²) in [6.45, 7) is 0.336. The van der Waals surface area contributed by atoms with Crippen LogP contribution in [0, 0.1) is 11.8 Å². The monoisotopic (exact) mass is 319 g/mol. The highest BCUT2D eigenvalue weighted by atomic mass is 35.5. The molecule has 0 unspecified atom stereocenters. The maximum atomic E-state index is 11.8. The maximum Gasteiger partial charge on any atom is 0.224 e. The van der Waals surface area contributed by atoms with Crippen molar-refractivity contribution in [3.05, 3.63) is 56.7 Å². The Bertz CT molecular complexity index is 668. The molecule has 0 spiro atoms. The lowest BCUT2D eigenvalue weighted by atomic mass is 10.1. The summed E-state index contributed by atoms with van der Waals surface area (Å²) in [6.07, 6.45) is 0.333. The molecule has 1 aromatic carbocycles. The van der Waals surface area contributed by atoms with Gasteiger partial charge in [-0.25, -0.2) is 0 Å². The van der Waals surface area contributed by atoms with Gasteiger partial charge in [-0.1, -0.05) is 35.6 Å². The van der Waals surface area contributed by atoms with E-state index in [4.69, 9.17) is 16.7 Å². The van der Waals surface area contributed by atoms with Gasteiger partial charge < -0.3 is 10.4 Å². The first-order valence-electron chi connectivity index (χ1n) is 6.37. The fourth-order valence-corrected chi connectivity index (χ4v) is 2.65. The van der Waals surface area contributed by atoms with Gasteiger partial charge in [-0.05, 0) is 29.8 Å². The molecule has 0 saturated heterocycles. The van der Waals surface area contributed by atoms with E-state index in [1.807, 2.05) is 24.3 Å². The van der Waals surface area contributed by atoms with Crippen LogP contribution in [0.4, 0.5) is 0 Å². The molecule has 2 aromatic rings. The van der Waals surface area contributed by atoms with E-state index in [1.165, 1.54) is 11.3 Å². The van der Waals surface area contributed by atoms with Crippen LogP contribution in [0.1, 0.15) is 15.3 Å². The molecule has 3 nitrogen and oxygen atoms in total. The third-order valence-corrected chi connectivity index (χ3v) is 3.94. The number of thiophene rings is 1. The Morgan fingerprint density at radius 2 is 2.00 bits per heavy atom. The quantitative estimate of drug-likeness (QED) is 0.851. The molecule has 0 aliphatic carbocycles. The van der Waals surface area contributed by atoms with Crippen molar-refractivity contribution in [1.29, 1.82) is 0 Å². The van der Waals surface area contributed by atoms with Crippen molar-refractivity contribution in [3.63, 3.8) is 0 Å². The van der Waals surface area contributed by atoms with Crippen LogP contribution in [0.3, 0.4) is 0 Å². The smallest absolute Gasteiger partial charge is 0.224 e. The van der Waals surface area contributed by atoms with Crippen molar-refractivity contribution in [2.24, 2.45) is 0 Å². The summed E-state index contributed by atoms with van der Waals surface area (Å²) in [5.74, 6) is 5.40. The van der Waals surface area contributed by atoms with E-state index in [0.29, 0.717) is 18.0 Å². The van der Waals surface area contributed by atoms with E-state index >= 15 is 0 Å². The molecule has 2 N–H and O–H groups in total. The van der Waals surface area contributed by atoms with Gasteiger partial charge >= 0.3 is 0 Å². The molecule has 1 aromatic heterocycles. The van der Waals surface area contributed by atoms with Crippen molar-refractivity contribution < 1.29 is 9.90 Å². The van der Waals surface area contributed by atoms with Crippen LogP contribution in [0.25, 0.3) is 0 Å². The largest absolute Gasteiger partial charge is 0.384 e. The molecule has 0 aliphatic heterocycles. The second-order valence-corrected chi connectivity index (χ2v) is 5.91. The number of hydrogen-bond acceptors (Lipinski definition) is 3. The van der Waals surface area contributed by atoms with Crippen molar-refractivity contribution in [2.75, 3.05) is 6.61 Å². The first-order chi connectivity index (χ1) is 10.2. The van der Waals surface area contributed by atoms with E-state index in [2.05, 4.69) is 17.2 Å². The Hall–Kier alpha value is -1.80. The molecule has 2 rings (SSSR count). The normalized spacial score (nSPS) is 9.81. The fourth-order valence-electron chi connectivity index (χ4n) is 1.70. The molecule has 0 radical (unpaired) electrons. The number of halogens is 1. The lowest BCUT2D eigenvalue weighted by molar-refractivity contribution is -0.120. The molecule has 0 fully saturated rings. The molecule has 1 amide bonds. The highest BCUT2D eigenvalue weighted by molar-refractivity contribution is 7.12. The molecular formula is C16H14ClNO2S. The van der Waals surface area contributed by atoms with Crippen LogP contribution < -0.4 is 5.32 Å².